The molecular formula is C20H17BrN2O3. The minimum atomic E-state index is 0.684. The summed E-state index contributed by atoms with van der Waals surface area (Å²) in [5, 5.41) is 2.17. The number of aromatic nitrogens is 2. The molecule has 132 valence electrons. The maximum Gasteiger partial charge on any atom is 0.161 e. The molecule has 0 aliphatic rings. The van der Waals surface area contributed by atoms with Gasteiger partial charge in [-0.1, -0.05) is 0 Å². The SMILES string of the molecule is COc1cc2ccn3cc(-c4ccc(OC)c(Br)n4)cc3c2cc1OC. The zero-order valence-electron chi connectivity index (χ0n) is 14.6. The van der Waals surface area contributed by atoms with Crippen molar-refractivity contribution in [1.29, 1.82) is 0 Å². The molecule has 0 unspecified atom stereocenters. The number of fused-ring (bicyclic) bond motifs is 3. The van der Waals surface area contributed by atoms with Gasteiger partial charge in [-0.05, 0) is 57.7 Å². The van der Waals surface area contributed by atoms with Crippen LogP contribution in [-0.4, -0.2) is 30.7 Å². The van der Waals surface area contributed by atoms with Gasteiger partial charge in [-0.2, -0.15) is 0 Å². The summed E-state index contributed by atoms with van der Waals surface area (Å²) in [6, 6.07) is 12.0. The molecule has 0 amide bonds. The minimum Gasteiger partial charge on any atom is -0.494 e. The third-order valence-electron chi connectivity index (χ3n) is 4.43. The second-order valence-corrected chi connectivity index (χ2v) is 6.57. The molecular weight excluding hydrogens is 396 g/mol. The highest BCUT2D eigenvalue weighted by molar-refractivity contribution is 9.10. The Hall–Kier alpha value is -2.73. The fraction of sp³-hybridized carbons (Fsp3) is 0.150. The Morgan fingerprint density at radius 2 is 1.62 bits per heavy atom. The molecule has 0 bridgehead atoms. The van der Waals surface area contributed by atoms with Crippen LogP contribution in [0.15, 0.2) is 53.4 Å². The summed E-state index contributed by atoms with van der Waals surface area (Å²) in [6.07, 6.45) is 4.10. The normalized spacial score (nSPS) is 11.1. The third-order valence-corrected chi connectivity index (χ3v) is 4.99. The van der Waals surface area contributed by atoms with Crippen LogP contribution in [0.2, 0.25) is 0 Å². The quantitative estimate of drug-likeness (QED) is 0.445. The van der Waals surface area contributed by atoms with E-state index < -0.39 is 0 Å². The second kappa shape index (κ2) is 6.53. The summed E-state index contributed by atoms with van der Waals surface area (Å²) < 4.78 is 18.9. The van der Waals surface area contributed by atoms with E-state index >= 15 is 0 Å². The van der Waals surface area contributed by atoms with Gasteiger partial charge in [0.2, 0.25) is 0 Å². The molecule has 5 nitrogen and oxygen atoms in total. The Kier molecular flexibility index (Phi) is 4.20. The molecule has 26 heavy (non-hydrogen) atoms. The van der Waals surface area contributed by atoms with Gasteiger partial charge in [-0.15, -0.1) is 0 Å². The number of nitrogens with zero attached hydrogens (tertiary/aromatic N) is 2. The largest absolute Gasteiger partial charge is 0.494 e. The fourth-order valence-corrected chi connectivity index (χ4v) is 3.59. The van der Waals surface area contributed by atoms with Crippen LogP contribution in [0.25, 0.3) is 27.5 Å². The molecule has 1 aromatic carbocycles. The predicted octanol–water partition coefficient (Wildman–Crippen LogP) is 4.94. The summed E-state index contributed by atoms with van der Waals surface area (Å²) in [4.78, 5) is 4.58. The average Bonchev–Trinajstić information content (AvgIpc) is 3.11. The lowest BCUT2D eigenvalue weighted by molar-refractivity contribution is 0.356. The Morgan fingerprint density at radius 3 is 2.31 bits per heavy atom. The number of methoxy groups -OCH3 is 3. The number of ether oxygens (including phenoxy) is 3. The zero-order valence-corrected chi connectivity index (χ0v) is 16.2. The van der Waals surface area contributed by atoms with Crippen LogP contribution < -0.4 is 14.2 Å². The van der Waals surface area contributed by atoms with Crippen molar-refractivity contribution < 1.29 is 14.2 Å². The molecule has 0 fully saturated rings. The van der Waals surface area contributed by atoms with Gasteiger partial charge in [0.1, 0.15) is 4.60 Å². The van der Waals surface area contributed by atoms with E-state index in [0.717, 1.165) is 33.3 Å². The van der Waals surface area contributed by atoms with Gasteiger partial charge in [0.25, 0.3) is 0 Å². The van der Waals surface area contributed by atoms with E-state index in [0.29, 0.717) is 16.1 Å². The first-order valence-corrected chi connectivity index (χ1v) is 8.81. The molecule has 3 aromatic heterocycles. The summed E-state index contributed by atoms with van der Waals surface area (Å²) in [7, 11) is 4.92. The molecule has 0 atom stereocenters. The topological polar surface area (TPSA) is 45.0 Å². The average molecular weight is 413 g/mol. The van der Waals surface area contributed by atoms with Crippen LogP contribution >= 0.6 is 15.9 Å². The standard InChI is InChI=1S/C20H17BrN2O3/c1-24-17-5-4-15(22-20(17)21)13-8-16-14-10-19(26-3)18(25-2)9-12(14)6-7-23(16)11-13/h4-11H,1-3H3. The summed E-state index contributed by atoms with van der Waals surface area (Å²) in [5.74, 6) is 2.14. The van der Waals surface area contributed by atoms with Crippen LogP contribution in [0, 0.1) is 0 Å². The highest BCUT2D eigenvalue weighted by Gasteiger charge is 2.12. The van der Waals surface area contributed by atoms with Crippen molar-refractivity contribution in [3.8, 4) is 28.5 Å². The Labute approximate surface area is 159 Å². The zero-order chi connectivity index (χ0) is 18.3. The molecule has 0 N–H and O–H groups in total. The number of halogens is 1. The van der Waals surface area contributed by atoms with Crippen molar-refractivity contribution in [3.05, 3.63) is 53.4 Å². The number of hydrogen-bond acceptors (Lipinski definition) is 4. The highest BCUT2D eigenvalue weighted by atomic mass is 79.9. The van der Waals surface area contributed by atoms with E-state index in [1.165, 1.54) is 0 Å². The van der Waals surface area contributed by atoms with Crippen LogP contribution in [0.5, 0.6) is 17.2 Å². The van der Waals surface area contributed by atoms with E-state index in [1.807, 2.05) is 30.5 Å². The first-order valence-electron chi connectivity index (χ1n) is 8.02. The maximum atomic E-state index is 5.46. The van der Waals surface area contributed by atoms with Gasteiger partial charge >= 0.3 is 0 Å². The molecule has 0 aliphatic heterocycles. The second-order valence-electron chi connectivity index (χ2n) is 5.82. The lowest BCUT2D eigenvalue weighted by atomic mass is 10.1. The molecule has 0 radical (unpaired) electrons. The highest BCUT2D eigenvalue weighted by Crippen LogP contribution is 2.36. The number of pyridine rings is 2. The Morgan fingerprint density at radius 1 is 0.885 bits per heavy atom. The van der Waals surface area contributed by atoms with Gasteiger partial charge in [0.15, 0.2) is 17.2 Å². The predicted molar refractivity (Wildman–Crippen MR) is 105 cm³/mol. The van der Waals surface area contributed by atoms with Crippen LogP contribution in [-0.2, 0) is 0 Å². The number of rotatable bonds is 4. The summed E-state index contributed by atoms with van der Waals surface area (Å²) in [6.45, 7) is 0. The van der Waals surface area contributed by atoms with Crippen molar-refractivity contribution in [2.45, 2.75) is 0 Å². The van der Waals surface area contributed by atoms with Crippen molar-refractivity contribution >= 4 is 32.2 Å². The molecule has 0 saturated carbocycles. The van der Waals surface area contributed by atoms with Crippen molar-refractivity contribution in [3.63, 3.8) is 0 Å². The van der Waals surface area contributed by atoms with E-state index in [4.69, 9.17) is 14.2 Å². The van der Waals surface area contributed by atoms with E-state index in [-0.39, 0.29) is 0 Å². The van der Waals surface area contributed by atoms with Crippen LogP contribution in [0.3, 0.4) is 0 Å². The first-order chi connectivity index (χ1) is 12.6. The van der Waals surface area contributed by atoms with Crippen molar-refractivity contribution in [1.82, 2.24) is 9.38 Å². The minimum absolute atomic E-state index is 0.684. The molecule has 0 spiro atoms. The number of benzene rings is 1. The Balaban J connectivity index is 1.91. The van der Waals surface area contributed by atoms with Gasteiger partial charge in [0, 0.05) is 23.3 Å². The van der Waals surface area contributed by atoms with Crippen molar-refractivity contribution in [2.24, 2.45) is 0 Å². The molecule has 0 saturated heterocycles. The maximum absolute atomic E-state index is 5.46. The smallest absolute Gasteiger partial charge is 0.161 e. The molecule has 3 heterocycles. The Bertz CT molecular complexity index is 1120. The number of hydrogen-bond donors (Lipinski definition) is 0. The molecule has 4 aromatic rings. The van der Waals surface area contributed by atoms with E-state index in [2.05, 4.69) is 43.6 Å². The molecule has 0 aliphatic carbocycles. The van der Waals surface area contributed by atoms with Gasteiger partial charge in [-0.3, -0.25) is 0 Å². The lowest BCUT2D eigenvalue weighted by Gasteiger charge is -2.10. The third kappa shape index (κ3) is 2.66. The summed E-state index contributed by atoms with van der Waals surface area (Å²) >= 11 is 3.45. The fourth-order valence-electron chi connectivity index (χ4n) is 3.11. The van der Waals surface area contributed by atoms with Gasteiger partial charge < -0.3 is 18.6 Å². The lowest BCUT2D eigenvalue weighted by Crippen LogP contribution is -1.91. The van der Waals surface area contributed by atoms with Crippen LogP contribution in [0.4, 0.5) is 0 Å². The summed E-state index contributed by atoms with van der Waals surface area (Å²) in [5.41, 5.74) is 2.97. The van der Waals surface area contributed by atoms with Gasteiger partial charge in [-0.25, -0.2) is 4.98 Å². The van der Waals surface area contributed by atoms with Crippen LogP contribution in [0.1, 0.15) is 0 Å². The van der Waals surface area contributed by atoms with Crippen molar-refractivity contribution in [2.75, 3.05) is 21.3 Å². The van der Waals surface area contributed by atoms with E-state index in [1.54, 1.807) is 21.3 Å². The monoisotopic (exact) mass is 412 g/mol. The first kappa shape index (κ1) is 16.7. The van der Waals surface area contributed by atoms with E-state index in [9.17, 15) is 0 Å². The molecule has 4 rings (SSSR count). The molecule has 6 heteroatoms. The van der Waals surface area contributed by atoms with Gasteiger partial charge in [0.05, 0.1) is 32.5 Å².